The Morgan fingerprint density at radius 3 is 2.34 bits per heavy atom. The molecule has 0 saturated heterocycles. The number of methoxy groups -OCH3 is 1. The minimum Gasteiger partial charge on any atom is -0.497 e. The van der Waals surface area contributed by atoms with Crippen LogP contribution >= 0.6 is 0 Å². The number of ether oxygens (including phenoxy) is 1. The first-order valence-corrected chi connectivity index (χ1v) is 10.5. The molecule has 0 aliphatic rings. The number of hydrogen-bond donors (Lipinski definition) is 2. The molecule has 0 atom stereocenters. The number of H-pyrrole nitrogens is 2. The average Bonchev–Trinajstić information content (AvgIpc) is 3.49. The Hall–Kier alpha value is -4.38. The number of rotatable bonds is 4. The Morgan fingerprint density at radius 2 is 1.53 bits per heavy atom. The highest BCUT2D eigenvalue weighted by Crippen LogP contribution is 2.35. The van der Waals surface area contributed by atoms with E-state index in [1.165, 1.54) is 0 Å². The Labute approximate surface area is 184 Å². The number of benzene rings is 3. The van der Waals surface area contributed by atoms with Gasteiger partial charge in [0.1, 0.15) is 11.4 Å². The van der Waals surface area contributed by atoms with Gasteiger partial charge in [-0.15, -0.1) is 0 Å². The van der Waals surface area contributed by atoms with Crippen LogP contribution in [-0.4, -0.2) is 27.0 Å². The van der Waals surface area contributed by atoms with E-state index in [2.05, 4.69) is 51.4 Å². The summed E-state index contributed by atoms with van der Waals surface area (Å²) >= 11 is 0. The van der Waals surface area contributed by atoms with Crippen molar-refractivity contribution < 1.29 is 4.74 Å². The third-order valence-electron chi connectivity index (χ3n) is 5.76. The van der Waals surface area contributed by atoms with Crippen molar-refractivity contribution in [3.8, 4) is 39.8 Å². The lowest BCUT2D eigenvalue weighted by Gasteiger charge is -2.07. The van der Waals surface area contributed by atoms with Crippen LogP contribution in [0.1, 0.15) is 0 Å². The first-order valence-electron chi connectivity index (χ1n) is 10.5. The Kier molecular flexibility index (Phi) is 4.25. The van der Waals surface area contributed by atoms with Gasteiger partial charge in [-0.1, -0.05) is 48.5 Å². The van der Waals surface area contributed by atoms with Crippen LogP contribution in [0.25, 0.3) is 55.8 Å². The number of fused-ring (bicyclic) bond motifs is 3. The van der Waals surface area contributed by atoms with E-state index < -0.39 is 0 Å². The lowest BCUT2D eigenvalue weighted by molar-refractivity contribution is 0.415. The number of pyridine rings is 1. The second-order valence-corrected chi connectivity index (χ2v) is 7.69. The quantitative estimate of drug-likeness (QED) is 0.347. The highest BCUT2D eigenvalue weighted by atomic mass is 16.5. The van der Waals surface area contributed by atoms with Crippen molar-refractivity contribution in [1.82, 2.24) is 19.9 Å². The third kappa shape index (κ3) is 3.03. The summed E-state index contributed by atoms with van der Waals surface area (Å²) in [5.74, 6) is 1.56. The van der Waals surface area contributed by atoms with Crippen molar-refractivity contribution >= 4 is 21.8 Å². The van der Waals surface area contributed by atoms with Gasteiger partial charge in [0.2, 0.25) is 0 Å². The van der Waals surface area contributed by atoms with Gasteiger partial charge in [-0.25, -0.2) is 9.97 Å². The van der Waals surface area contributed by atoms with E-state index in [1.54, 1.807) is 7.11 Å². The second kappa shape index (κ2) is 7.39. The highest BCUT2D eigenvalue weighted by molar-refractivity contribution is 6.12. The molecule has 5 nitrogen and oxygen atoms in total. The lowest BCUT2D eigenvalue weighted by Crippen LogP contribution is -1.92. The molecule has 32 heavy (non-hydrogen) atoms. The Morgan fingerprint density at radius 1 is 0.750 bits per heavy atom. The molecule has 3 aromatic heterocycles. The summed E-state index contributed by atoms with van der Waals surface area (Å²) < 4.78 is 5.34. The fourth-order valence-electron chi connectivity index (χ4n) is 4.14. The number of aromatic amines is 2. The standard InChI is InChI=1S/C27H20N4O/c1-32-19-13-11-18(12-14-19)25-26-21(20-9-5-6-10-22(20)29-26)15-23(30-25)27-28-16-24(31-27)17-7-3-2-4-8-17/h2-16,29H,1H3,(H,28,31). The van der Waals surface area contributed by atoms with Gasteiger partial charge in [0.15, 0.2) is 5.82 Å². The van der Waals surface area contributed by atoms with Gasteiger partial charge in [0.25, 0.3) is 0 Å². The first kappa shape index (κ1) is 18.4. The average molecular weight is 416 g/mol. The summed E-state index contributed by atoms with van der Waals surface area (Å²) in [7, 11) is 1.67. The Balaban J connectivity index is 1.57. The van der Waals surface area contributed by atoms with E-state index in [-0.39, 0.29) is 0 Å². The molecule has 0 fully saturated rings. The number of hydrogen-bond acceptors (Lipinski definition) is 3. The number of nitrogens with zero attached hydrogens (tertiary/aromatic N) is 2. The van der Waals surface area contributed by atoms with Gasteiger partial charge in [0, 0.05) is 21.9 Å². The van der Waals surface area contributed by atoms with Crippen LogP contribution in [0.2, 0.25) is 0 Å². The molecule has 2 N–H and O–H groups in total. The van der Waals surface area contributed by atoms with Crippen LogP contribution in [0.5, 0.6) is 5.75 Å². The number of aromatic nitrogens is 4. The fraction of sp³-hybridized carbons (Fsp3) is 0.0370. The molecule has 0 aliphatic carbocycles. The van der Waals surface area contributed by atoms with E-state index >= 15 is 0 Å². The van der Waals surface area contributed by atoms with Crippen molar-refractivity contribution in [2.75, 3.05) is 7.11 Å². The Bertz CT molecular complexity index is 1550. The molecule has 3 aromatic carbocycles. The second-order valence-electron chi connectivity index (χ2n) is 7.69. The van der Waals surface area contributed by atoms with E-state index in [0.717, 1.165) is 61.6 Å². The van der Waals surface area contributed by atoms with E-state index in [4.69, 9.17) is 9.72 Å². The lowest BCUT2D eigenvalue weighted by atomic mass is 10.1. The summed E-state index contributed by atoms with van der Waals surface area (Å²) in [6.07, 6.45) is 1.86. The summed E-state index contributed by atoms with van der Waals surface area (Å²) in [6.45, 7) is 0. The SMILES string of the molecule is COc1ccc(-c2nc(-c3ncc(-c4ccccc4)[nH]3)cc3c2[nH]c2ccccc23)cc1. The van der Waals surface area contributed by atoms with Gasteiger partial charge in [-0.2, -0.15) is 0 Å². The highest BCUT2D eigenvalue weighted by Gasteiger charge is 2.16. The van der Waals surface area contributed by atoms with Crippen molar-refractivity contribution in [2.24, 2.45) is 0 Å². The summed E-state index contributed by atoms with van der Waals surface area (Å²) in [6, 6.07) is 28.6. The predicted octanol–water partition coefficient (Wildman–Crippen LogP) is 6.45. The van der Waals surface area contributed by atoms with E-state index in [1.807, 2.05) is 54.7 Å². The van der Waals surface area contributed by atoms with Gasteiger partial charge in [-0.3, -0.25) is 0 Å². The number of nitrogens with one attached hydrogen (secondary N) is 2. The van der Waals surface area contributed by atoms with Crippen molar-refractivity contribution in [2.45, 2.75) is 0 Å². The zero-order valence-corrected chi connectivity index (χ0v) is 17.5. The largest absolute Gasteiger partial charge is 0.497 e. The van der Waals surface area contributed by atoms with Crippen LogP contribution in [0.4, 0.5) is 0 Å². The normalized spacial score (nSPS) is 11.3. The van der Waals surface area contributed by atoms with Gasteiger partial charge < -0.3 is 14.7 Å². The predicted molar refractivity (Wildman–Crippen MR) is 129 cm³/mol. The molecule has 3 heterocycles. The zero-order valence-electron chi connectivity index (χ0n) is 17.5. The molecule has 0 amide bonds. The molecule has 0 radical (unpaired) electrons. The van der Waals surface area contributed by atoms with Crippen molar-refractivity contribution in [3.05, 3.63) is 91.1 Å². The molecular formula is C27H20N4O. The minimum atomic E-state index is 0.741. The van der Waals surface area contributed by atoms with Crippen molar-refractivity contribution in [3.63, 3.8) is 0 Å². The summed E-state index contributed by atoms with van der Waals surface area (Å²) in [5, 5.41) is 2.28. The number of imidazole rings is 1. The molecule has 5 heteroatoms. The molecule has 0 unspecified atom stereocenters. The van der Waals surface area contributed by atoms with Gasteiger partial charge in [0.05, 0.1) is 30.2 Å². The molecule has 0 bridgehead atoms. The minimum absolute atomic E-state index is 0.741. The zero-order chi connectivity index (χ0) is 21.5. The fourth-order valence-corrected chi connectivity index (χ4v) is 4.14. The smallest absolute Gasteiger partial charge is 0.156 e. The van der Waals surface area contributed by atoms with Crippen molar-refractivity contribution in [1.29, 1.82) is 0 Å². The first-order chi connectivity index (χ1) is 15.8. The number of para-hydroxylation sites is 1. The summed E-state index contributed by atoms with van der Waals surface area (Å²) in [5.41, 5.74) is 6.85. The molecule has 0 saturated carbocycles. The molecule has 6 aromatic rings. The van der Waals surface area contributed by atoms with Crippen LogP contribution in [0.15, 0.2) is 91.1 Å². The third-order valence-corrected chi connectivity index (χ3v) is 5.76. The van der Waals surface area contributed by atoms with Gasteiger partial charge in [-0.05, 0) is 42.0 Å². The maximum Gasteiger partial charge on any atom is 0.156 e. The van der Waals surface area contributed by atoms with E-state index in [0.29, 0.717) is 0 Å². The molecule has 154 valence electrons. The molecule has 6 rings (SSSR count). The van der Waals surface area contributed by atoms with Crippen LogP contribution < -0.4 is 4.74 Å². The van der Waals surface area contributed by atoms with Crippen LogP contribution in [0, 0.1) is 0 Å². The topological polar surface area (TPSA) is 66.6 Å². The monoisotopic (exact) mass is 416 g/mol. The van der Waals surface area contributed by atoms with Gasteiger partial charge >= 0.3 is 0 Å². The molecule has 0 aliphatic heterocycles. The maximum absolute atomic E-state index is 5.34. The molecule has 0 spiro atoms. The summed E-state index contributed by atoms with van der Waals surface area (Å²) in [4.78, 5) is 16.7. The van der Waals surface area contributed by atoms with Crippen LogP contribution in [0.3, 0.4) is 0 Å². The maximum atomic E-state index is 5.34. The molecular weight excluding hydrogens is 396 g/mol. The van der Waals surface area contributed by atoms with E-state index in [9.17, 15) is 0 Å². The van der Waals surface area contributed by atoms with Crippen LogP contribution in [-0.2, 0) is 0 Å².